The summed E-state index contributed by atoms with van der Waals surface area (Å²) in [5.41, 5.74) is 0.420. The average Bonchev–Trinajstić information content (AvgIpc) is 2.73. The van der Waals surface area contributed by atoms with Gasteiger partial charge >= 0.3 is 11.9 Å². The maximum atomic E-state index is 13.5. The van der Waals surface area contributed by atoms with Gasteiger partial charge in [-0.15, -0.1) is 0 Å². The van der Waals surface area contributed by atoms with Crippen LogP contribution in [-0.2, 0) is 14.4 Å². The van der Waals surface area contributed by atoms with Gasteiger partial charge in [-0.1, -0.05) is 41.3 Å². The van der Waals surface area contributed by atoms with Crippen molar-refractivity contribution in [1.82, 2.24) is 5.32 Å². The molecule has 162 valence electrons. The number of hydrogen-bond acceptors (Lipinski definition) is 5. The third-order valence-corrected chi connectivity index (χ3v) is 6.10. The Kier molecular flexibility index (Phi) is 6.36. The number of carbonyl (C=O) groups excluding carboxylic acids is 3. The van der Waals surface area contributed by atoms with Crippen molar-refractivity contribution >= 4 is 33.8 Å². The summed E-state index contributed by atoms with van der Waals surface area (Å²) in [5.74, 6) is -5.30. The lowest BCUT2D eigenvalue weighted by Crippen LogP contribution is -2.48. The fourth-order valence-corrected chi connectivity index (χ4v) is 4.49. The van der Waals surface area contributed by atoms with E-state index < -0.39 is 35.5 Å². The first-order chi connectivity index (χ1) is 14.9. The second-order valence-electron chi connectivity index (χ2n) is 7.78. The van der Waals surface area contributed by atoms with Crippen molar-refractivity contribution in [3.8, 4) is 11.5 Å². The van der Waals surface area contributed by atoms with Gasteiger partial charge in [-0.05, 0) is 43.2 Å². The molecule has 2 aromatic rings. The Bertz CT molecular complexity index is 1020. The summed E-state index contributed by atoms with van der Waals surface area (Å²) in [6.45, 7) is 0. The van der Waals surface area contributed by atoms with Crippen LogP contribution in [-0.4, -0.2) is 23.9 Å². The van der Waals surface area contributed by atoms with Crippen molar-refractivity contribution in [2.45, 2.75) is 44.1 Å². The smallest absolute Gasteiger partial charge is 0.326 e. The van der Waals surface area contributed by atoms with Crippen LogP contribution < -0.4 is 14.8 Å². The third kappa shape index (κ3) is 4.79. The number of hydrogen-bond donors (Lipinski definition) is 1. The molecule has 2 aliphatic rings. The first-order valence-corrected chi connectivity index (χ1v) is 11.0. The summed E-state index contributed by atoms with van der Waals surface area (Å²) < 4.78 is 24.8. The molecule has 0 aromatic heterocycles. The fraction of sp³-hybridized carbons (Fsp3) is 0.348. The predicted octanol–water partition coefficient (Wildman–Crippen LogP) is 4.26. The van der Waals surface area contributed by atoms with Crippen LogP contribution in [0.3, 0.4) is 0 Å². The molecule has 0 saturated heterocycles. The molecule has 1 aliphatic carbocycles. The SMILES string of the molecule is O=C(Oc1cccc(F)c1)[C@@H]1C(=O)Oc2ccc(Br)cc2[C@@H]1C(=O)NC1CCCCC1. The maximum absolute atomic E-state index is 13.5. The molecule has 0 spiro atoms. The van der Waals surface area contributed by atoms with Crippen molar-refractivity contribution in [2.75, 3.05) is 0 Å². The van der Waals surface area contributed by atoms with Crippen molar-refractivity contribution in [3.05, 3.63) is 58.3 Å². The normalized spacial score (nSPS) is 21.0. The minimum Gasteiger partial charge on any atom is -0.426 e. The summed E-state index contributed by atoms with van der Waals surface area (Å²) in [4.78, 5) is 39.0. The van der Waals surface area contributed by atoms with Gasteiger partial charge in [-0.3, -0.25) is 14.4 Å². The zero-order valence-electron chi connectivity index (χ0n) is 16.6. The Morgan fingerprint density at radius 1 is 1.06 bits per heavy atom. The molecular formula is C23H21BrFNO5. The van der Waals surface area contributed by atoms with E-state index in [2.05, 4.69) is 21.2 Å². The molecule has 1 saturated carbocycles. The van der Waals surface area contributed by atoms with E-state index in [1.54, 1.807) is 18.2 Å². The van der Waals surface area contributed by atoms with Gasteiger partial charge in [0.05, 0.1) is 5.92 Å². The minimum absolute atomic E-state index is 0.00492. The van der Waals surface area contributed by atoms with Gasteiger partial charge in [-0.2, -0.15) is 0 Å². The molecule has 1 aliphatic heterocycles. The average molecular weight is 490 g/mol. The lowest BCUT2D eigenvalue weighted by atomic mass is 9.82. The molecule has 2 atom stereocenters. The molecule has 2 aromatic carbocycles. The van der Waals surface area contributed by atoms with Crippen LogP contribution >= 0.6 is 15.9 Å². The van der Waals surface area contributed by atoms with Gasteiger partial charge in [0.1, 0.15) is 17.3 Å². The van der Waals surface area contributed by atoms with E-state index in [0.717, 1.165) is 38.2 Å². The number of esters is 2. The van der Waals surface area contributed by atoms with Crippen LogP contribution in [0.5, 0.6) is 11.5 Å². The van der Waals surface area contributed by atoms with E-state index in [0.29, 0.717) is 10.0 Å². The number of benzene rings is 2. The fourth-order valence-electron chi connectivity index (χ4n) is 4.12. The Labute approximate surface area is 187 Å². The Morgan fingerprint density at radius 2 is 1.84 bits per heavy atom. The highest BCUT2D eigenvalue weighted by atomic mass is 79.9. The van der Waals surface area contributed by atoms with Gasteiger partial charge in [-0.25, -0.2) is 4.39 Å². The number of nitrogens with one attached hydrogen (secondary N) is 1. The molecule has 8 heteroatoms. The Hall–Kier alpha value is -2.74. The van der Waals surface area contributed by atoms with E-state index in [4.69, 9.17) is 9.47 Å². The van der Waals surface area contributed by atoms with Gasteiger partial charge in [0.25, 0.3) is 0 Å². The number of halogens is 2. The summed E-state index contributed by atoms with van der Waals surface area (Å²) >= 11 is 3.37. The first kappa shape index (κ1) is 21.5. The first-order valence-electron chi connectivity index (χ1n) is 10.2. The molecule has 1 amide bonds. The quantitative estimate of drug-likeness (QED) is 0.394. The highest BCUT2D eigenvalue weighted by Gasteiger charge is 2.48. The molecule has 0 unspecified atom stereocenters. The molecule has 31 heavy (non-hydrogen) atoms. The number of ether oxygens (including phenoxy) is 2. The van der Waals surface area contributed by atoms with Gasteiger partial charge in [0.15, 0.2) is 5.92 Å². The Balaban J connectivity index is 1.66. The van der Waals surface area contributed by atoms with E-state index in [9.17, 15) is 18.8 Å². The number of rotatable bonds is 4. The second kappa shape index (κ2) is 9.18. The molecule has 1 N–H and O–H groups in total. The van der Waals surface area contributed by atoms with E-state index in [1.165, 1.54) is 18.2 Å². The molecule has 4 rings (SSSR count). The predicted molar refractivity (Wildman–Crippen MR) is 113 cm³/mol. The van der Waals surface area contributed by atoms with Crippen LogP contribution in [0, 0.1) is 11.7 Å². The Morgan fingerprint density at radius 3 is 2.58 bits per heavy atom. The third-order valence-electron chi connectivity index (χ3n) is 5.61. The van der Waals surface area contributed by atoms with Crippen LogP contribution in [0.25, 0.3) is 0 Å². The van der Waals surface area contributed by atoms with Crippen LogP contribution in [0.15, 0.2) is 46.9 Å². The standard InChI is InChI=1S/C23H21BrFNO5/c24-13-9-10-18-17(11-13)19(21(27)26-15-6-2-1-3-7-15)20(23(29)31-18)22(28)30-16-8-4-5-14(25)12-16/h4-5,8-12,15,19-20H,1-3,6-7H2,(H,26,27)/t19-,20+/m0/s1. The highest BCUT2D eigenvalue weighted by molar-refractivity contribution is 9.10. The van der Waals surface area contributed by atoms with E-state index in [1.807, 2.05) is 0 Å². The molecule has 0 bridgehead atoms. The van der Waals surface area contributed by atoms with Crippen LogP contribution in [0.4, 0.5) is 4.39 Å². The summed E-state index contributed by atoms with van der Waals surface area (Å²) in [6.07, 6.45) is 4.87. The maximum Gasteiger partial charge on any atom is 0.326 e. The summed E-state index contributed by atoms with van der Waals surface area (Å²) in [6, 6.07) is 9.95. The largest absolute Gasteiger partial charge is 0.426 e. The van der Waals surface area contributed by atoms with Gasteiger partial charge in [0, 0.05) is 22.1 Å². The van der Waals surface area contributed by atoms with Crippen molar-refractivity contribution in [1.29, 1.82) is 0 Å². The second-order valence-corrected chi connectivity index (χ2v) is 8.70. The molecule has 6 nitrogen and oxygen atoms in total. The van der Waals surface area contributed by atoms with Crippen molar-refractivity contribution in [3.63, 3.8) is 0 Å². The number of carbonyl (C=O) groups is 3. The van der Waals surface area contributed by atoms with E-state index in [-0.39, 0.29) is 17.5 Å². The summed E-state index contributed by atoms with van der Waals surface area (Å²) in [7, 11) is 0. The monoisotopic (exact) mass is 489 g/mol. The number of fused-ring (bicyclic) bond motifs is 1. The summed E-state index contributed by atoms with van der Waals surface area (Å²) in [5, 5.41) is 3.00. The molecular weight excluding hydrogens is 469 g/mol. The van der Waals surface area contributed by atoms with Crippen molar-refractivity contribution in [2.24, 2.45) is 5.92 Å². The zero-order valence-corrected chi connectivity index (χ0v) is 18.2. The lowest BCUT2D eigenvalue weighted by Gasteiger charge is -2.32. The molecule has 1 fully saturated rings. The van der Waals surface area contributed by atoms with Crippen molar-refractivity contribution < 1.29 is 28.2 Å². The lowest BCUT2D eigenvalue weighted by molar-refractivity contribution is -0.156. The van der Waals surface area contributed by atoms with Gasteiger partial charge < -0.3 is 14.8 Å². The number of amides is 1. The molecule has 0 radical (unpaired) electrons. The van der Waals surface area contributed by atoms with E-state index >= 15 is 0 Å². The molecule has 1 heterocycles. The van der Waals surface area contributed by atoms with Crippen LogP contribution in [0.1, 0.15) is 43.6 Å². The topological polar surface area (TPSA) is 81.7 Å². The van der Waals surface area contributed by atoms with Gasteiger partial charge in [0.2, 0.25) is 5.91 Å². The van der Waals surface area contributed by atoms with Crippen LogP contribution in [0.2, 0.25) is 0 Å². The highest BCUT2D eigenvalue weighted by Crippen LogP contribution is 2.40. The zero-order chi connectivity index (χ0) is 22.0. The minimum atomic E-state index is -1.51.